The Morgan fingerprint density at radius 1 is 0.595 bits per heavy atom. The van der Waals surface area contributed by atoms with Crippen molar-refractivity contribution in [1.29, 1.82) is 0 Å². The van der Waals surface area contributed by atoms with Gasteiger partial charge in [0.05, 0.1) is 0 Å². The molecule has 0 radical (unpaired) electrons. The van der Waals surface area contributed by atoms with Crippen molar-refractivity contribution >= 4 is 24.9 Å². The highest BCUT2D eigenvalue weighted by molar-refractivity contribution is 7.56. The first-order valence-electron chi connectivity index (χ1n) is 14.9. The van der Waals surface area contributed by atoms with Gasteiger partial charge in [-0.3, -0.25) is 0 Å². The Morgan fingerprint density at radius 3 is 1.88 bits per heavy atom. The summed E-state index contributed by atoms with van der Waals surface area (Å²) >= 11 is 0. The molecule has 1 atom stereocenters. The lowest BCUT2D eigenvalue weighted by molar-refractivity contribution is 0.306. The summed E-state index contributed by atoms with van der Waals surface area (Å²) in [4.78, 5) is 2.37. The summed E-state index contributed by atoms with van der Waals surface area (Å²) in [6.07, 6.45) is 5.18. The second-order valence-corrected chi connectivity index (χ2v) is 12.4. The van der Waals surface area contributed by atoms with Crippen LogP contribution in [0, 0.1) is 5.82 Å². The van der Waals surface area contributed by atoms with E-state index in [9.17, 15) is 4.39 Å². The second-order valence-electron chi connectivity index (χ2n) is 11.1. The predicted molar refractivity (Wildman–Crippen MR) is 176 cm³/mol. The summed E-state index contributed by atoms with van der Waals surface area (Å²) in [5, 5.41) is 2.35. The lowest BCUT2D eigenvalue weighted by atomic mass is 9.98. The van der Waals surface area contributed by atoms with E-state index in [2.05, 4.69) is 102 Å². The maximum absolute atomic E-state index is 14.6. The van der Waals surface area contributed by atoms with E-state index >= 15 is 0 Å². The number of anilines is 1. The predicted octanol–water partition coefficient (Wildman–Crippen LogP) is 8.21. The van der Waals surface area contributed by atoms with E-state index in [1.807, 2.05) is 12.1 Å². The summed E-state index contributed by atoms with van der Waals surface area (Å²) in [5.74, 6) is 0.777. The van der Waals surface area contributed by atoms with Crippen LogP contribution < -0.4 is 20.2 Å². The quantitative estimate of drug-likeness (QED) is 0.156. The van der Waals surface area contributed by atoms with E-state index in [-0.39, 0.29) is 5.82 Å². The van der Waals surface area contributed by atoms with Gasteiger partial charge < -0.3 is 9.64 Å². The minimum atomic E-state index is -0.174. The maximum atomic E-state index is 14.6. The van der Waals surface area contributed by atoms with Crippen molar-refractivity contribution in [2.24, 2.45) is 0 Å². The Labute approximate surface area is 251 Å². The standard InChI is InChI=1S/C38H37FNOP/c39-34-19-20-36(35(27-34)40-21-11-4-12-22-40)42-37-26-32(23-29-13-5-1-6-14-29)25-33(24-30-15-7-2-8-16-30)38(37)41-28-31-17-9-3-10-18-31/h1-3,5-10,13-20,25-27,42H,4,11-12,21-24,28H2. The van der Waals surface area contributed by atoms with Gasteiger partial charge in [-0.25, -0.2) is 4.39 Å². The van der Waals surface area contributed by atoms with Crippen LogP contribution in [0.5, 0.6) is 5.75 Å². The second kappa shape index (κ2) is 13.8. The van der Waals surface area contributed by atoms with Crippen LogP contribution in [0.15, 0.2) is 121 Å². The Morgan fingerprint density at radius 2 is 1.21 bits per heavy atom. The molecule has 0 spiro atoms. The van der Waals surface area contributed by atoms with Gasteiger partial charge in [0.1, 0.15) is 18.2 Å². The van der Waals surface area contributed by atoms with Crippen LogP contribution in [0.3, 0.4) is 0 Å². The van der Waals surface area contributed by atoms with Gasteiger partial charge in [0, 0.05) is 35.8 Å². The van der Waals surface area contributed by atoms with Gasteiger partial charge in [0.25, 0.3) is 0 Å². The Bertz CT molecular complexity index is 1580. The molecule has 1 heterocycles. The molecule has 1 saturated heterocycles. The van der Waals surface area contributed by atoms with Gasteiger partial charge in [-0.2, -0.15) is 0 Å². The van der Waals surface area contributed by atoms with Crippen molar-refractivity contribution in [3.63, 3.8) is 0 Å². The third-order valence-electron chi connectivity index (χ3n) is 7.87. The van der Waals surface area contributed by atoms with E-state index in [0.29, 0.717) is 15.2 Å². The molecule has 0 bridgehead atoms. The van der Waals surface area contributed by atoms with E-state index in [1.54, 1.807) is 12.1 Å². The van der Waals surface area contributed by atoms with Gasteiger partial charge in [0.15, 0.2) is 0 Å². The van der Waals surface area contributed by atoms with E-state index in [0.717, 1.165) is 55.8 Å². The van der Waals surface area contributed by atoms with E-state index < -0.39 is 0 Å². The molecule has 212 valence electrons. The van der Waals surface area contributed by atoms with Crippen molar-refractivity contribution in [2.45, 2.75) is 38.7 Å². The number of hydrogen-bond donors (Lipinski definition) is 0. The topological polar surface area (TPSA) is 12.5 Å². The zero-order chi connectivity index (χ0) is 28.6. The molecule has 0 saturated carbocycles. The molecule has 0 N–H and O–H groups in total. The molecular weight excluding hydrogens is 536 g/mol. The highest BCUT2D eigenvalue weighted by atomic mass is 31.1. The number of nitrogens with zero attached hydrogens (tertiary/aromatic N) is 1. The fourth-order valence-electron chi connectivity index (χ4n) is 5.78. The lowest BCUT2D eigenvalue weighted by Crippen LogP contribution is -2.32. The zero-order valence-corrected chi connectivity index (χ0v) is 24.9. The van der Waals surface area contributed by atoms with Crippen molar-refractivity contribution in [2.75, 3.05) is 18.0 Å². The average Bonchev–Trinajstić information content (AvgIpc) is 3.03. The van der Waals surface area contributed by atoms with Crippen LogP contribution in [0.25, 0.3) is 0 Å². The normalized spacial score (nSPS) is 13.5. The van der Waals surface area contributed by atoms with Crippen molar-refractivity contribution in [1.82, 2.24) is 0 Å². The monoisotopic (exact) mass is 573 g/mol. The molecule has 1 aliphatic rings. The molecule has 0 aliphatic carbocycles. The van der Waals surface area contributed by atoms with Gasteiger partial charge in [-0.1, -0.05) is 106 Å². The van der Waals surface area contributed by atoms with Gasteiger partial charge in [-0.05, 0) is 77.8 Å². The van der Waals surface area contributed by atoms with E-state index in [1.165, 1.54) is 39.3 Å². The molecule has 5 aromatic carbocycles. The molecule has 4 heteroatoms. The van der Waals surface area contributed by atoms with Crippen LogP contribution in [-0.4, -0.2) is 13.1 Å². The van der Waals surface area contributed by atoms with Gasteiger partial charge >= 0.3 is 0 Å². The molecule has 6 rings (SSSR count). The number of hydrogen-bond acceptors (Lipinski definition) is 2. The Balaban J connectivity index is 1.44. The minimum absolute atomic E-state index is 0.174. The first-order chi connectivity index (χ1) is 20.7. The molecule has 2 nitrogen and oxygen atoms in total. The van der Waals surface area contributed by atoms with E-state index in [4.69, 9.17) is 4.74 Å². The highest BCUT2D eigenvalue weighted by Crippen LogP contribution is 2.32. The first-order valence-corrected chi connectivity index (χ1v) is 15.9. The average molecular weight is 574 g/mol. The third-order valence-corrected chi connectivity index (χ3v) is 9.20. The number of halogens is 1. The molecule has 0 aromatic heterocycles. The lowest BCUT2D eigenvalue weighted by Gasteiger charge is -2.31. The highest BCUT2D eigenvalue weighted by Gasteiger charge is 2.20. The molecule has 0 amide bonds. The Kier molecular flexibility index (Phi) is 9.27. The summed E-state index contributed by atoms with van der Waals surface area (Å²) < 4.78 is 21.3. The molecule has 1 aliphatic heterocycles. The fourth-order valence-corrected chi connectivity index (χ4v) is 7.20. The first kappa shape index (κ1) is 28.2. The molecule has 42 heavy (non-hydrogen) atoms. The van der Waals surface area contributed by atoms with Crippen LogP contribution in [0.4, 0.5) is 10.1 Å². The Hall–Kier alpha value is -3.94. The minimum Gasteiger partial charge on any atom is -0.488 e. The smallest absolute Gasteiger partial charge is 0.131 e. The van der Waals surface area contributed by atoms with Crippen molar-refractivity contribution < 1.29 is 9.13 Å². The number of piperidine rings is 1. The summed E-state index contributed by atoms with van der Waals surface area (Å²) in [7, 11) is 0.343. The van der Waals surface area contributed by atoms with Crippen molar-refractivity contribution in [3.8, 4) is 5.75 Å². The summed E-state index contributed by atoms with van der Waals surface area (Å²) in [5.41, 5.74) is 7.16. The van der Waals surface area contributed by atoms with Crippen molar-refractivity contribution in [3.05, 3.63) is 155 Å². The van der Waals surface area contributed by atoms with Crippen LogP contribution in [0.1, 0.15) is 47.1 Å². The summed E-state index contributed by atoms with van der Waals surface area (Å²) in [6, 6.07) is 41.6. The van der Waals surface area contributed by atoms with Crippen LogP contribution in [-0.2, 0) is 19.4 Å². The largest absolute Gasteiger partial charge is 0.488 e. The molecular formula is C38H37FNOP. The number of rotatable bonds is 10. The maximum Gasteiger partial charge on any atom is 0.131 e. The third kappa shape index (κ3) is 7.27. The summed E-state index contributed by atoms with van der Waals surface area (Å²) in [6.45, 7) is 2.46. The number of ether oxygens (including phenoxy) is 1. The van der Waals surface area contributed by atoms with Gasteiger partial charge in [-0.15, -0.1) is 0 Å². The molecule has 1 unspecified atom stereocenters. The van der Waals surface area contributed by atoms with Gasteiger partial charge in [0.2, 0.25) is 0 Å². The zero-order valence-electron chi connectivity index (χ0n) is 23.9. The SMILES string of the molecule is Fc1ccc(Pc2cc(Cc3ccccc3)cc(Cc3ccccc3)c2OCc2ccccc2)c(N2CCCCC2)c1. The van der Waals surface area contributed by atoms with Crippen LogP contribution in [0.2, 0.25) is 0 Å². The van der Waals surface area contributed by atoms with Crippen LogP contribution >= 0.6 is 8.58 Å². The molecule has 5 aromatic rings. The number of benzene rings is 5. The molecule has 1 fully saturated rings. The fraction of sp³-hybridized carbons (Fsp3) is 0.211.